The van der Waals surface area contributed by atoms with Crippen LogP contribution in [0.1, 0.15) is 53.6 Å². The molecule has 1 atom stereocenters. The van der Waals surface area contributed by atoms with Crippen molar-refractivity contribution in [1.82, 2.24) is 10.3 Å². The predicted molar refractivity (Wildman–Crippen MR) is 141 cm³/mol. The van der Waals surface area contributed by atoms with E-state index >= 15 is 0 Å². The molecule has 10 heteroatoms. The van der Waals surface area contributed by atoms with Gasteiger partial charge in [-0.25, -0.2) is 4.79 Å². The van der Waals surface area contributed by atoms with Crippen molar-refractivity contribution in [2.45, 2.75) is 51.0 Å². The third-order valence-electron chi connectivity index (χ3n) is 7.45. The number of amides is 1. The Bertz CT molecular complexity index is 1290. The molecule has 5 rings (SSSR count). The molecule has 1 aromatic heterocycles. The molecule has 1 aromatic carbocycles. The molecule has 3 aliphatic rings. The first-order valence-electron chi connectivity index (χ1n) is 11.9. The van der Waals surface area contributed by atoms with E-state index in [1.54, 1.807) is 4.90 Å². The number of fused-ring (bicyclic) bond motifs is 1. The molecule has 0 radical (unpaired) electrons. The van der Waals surface area contributed by atoms with Crippen LogP contribution >= 0.6 is 39.1 Å². The van der Waals surface area contributed by atoms with E-state index in [0.717, 1.165) is 54.6 Å². The number of aliphatic carboxylic acids is 1. The van der Waals surface area contributed by atoms with Gasteiger partial charge in [0.05, 0.1) is 25.5 Å². The molecule has 0 bridgehead atoms. The largest absolute Gasteiger partial charge is 0.480 e. The number of carbonyl (C=O) groups excluding carboxylic acids is 2. The number of anilines is 1. The van der Waals surface area contributed by atoms with Gasteiger partial charge in [0.15, 0.2) is 5.78 Å². The van der Waals surface area contributed by atoms with Gasteiger partial charge in [0, 0.05) is 36.7 Å². The highest BCUT2D eigenvalue weighted by atomic mass is 79.9. The Labute approximate surface area is 227 Å². The molecule has 1 amide bonds. The van der Waals surface area contributed by atoms with Crippen LogP contribution in [0.2, 0.25) is 10.0 Å². The second kappa shape index (κ2) is 9.80. The van der Waals surface area contributed by atoms with Crippen LogP contribution in [0.3, 0.4) is 0 Å². The van der Waals surface area contributed by atoms with E-state index in [9.17, 15) is 19.5 Å². The fraction of sp³-hybridized carbons (Fsp3) is 0.385. The minimum Gasteiger partial charge on any atom is -0.480 e. The maximum atomic E-state index is 13.2. The summed E-state index contributed by atoms with van der Waals surface area (Å²) < 4.78 is 0.465. The Balaban J connectivity index is 1.35. The van der Waals surface area contributed by atoms with Gasteiger partial charge in [-0.05, 0) is 52.4 Å². The summed E-state index contributed by atoms with van der Waals surface area (Å²) in [6, 6.07) is 4.74. The summed E-state index contributed by atoms with van der Waals surface area (Å²) in [5.74, 6) is -1.20. The van der Waals surface area contributed by atoms with Crippen LogP contribution < -0.4 is 10.2 Å². The van der Waals surface area contributed by atoms with E-state index in [1.807, 2.05) is 18.2 Å². The average molecular weight is 593 g/mol. The molecule has 2 N–H and O–H groups in total. The number of hydrogen-bond acceptors (Lipinski definition) is 5. The predicted octanol–water partition coefficient (Wildman–Crippen LogP) is 5.32. The topological polar surface area (TPSA) is 99.6 Å². The van der Waals surface area contributed by atoms with Gasteiger partial charge in [0.1, 0.15) is 6.04 Å². The van der Waals surface area contributed by atoms with Gasteiger partial charge in [-0.3, -0.25) is 14.6 Å². The third-order valence-corrected chi connectivity index (χ3v) is 8.78. The molecule has 1 fully saturated rings. The highest BCUT2D eigenvalue weighted by Crippen LogP contribution is 2.53. The Morgan fingerprint density at radius 1 is 1.17 bits per heavy atom. The monoisotopic (exact) mass is 591 g/mol. The van der Waals surface area contributed by atoms with Crippen LogP contribution in [0.15, 0.2) is 40.8 Å². The maximum Gasteiger partial charge on any atom is 0.326 e. The van der Waals surface area contributed by atoms with Gasteiger partial charge >= 0.3 is 5.97 Å². The third kappa shape index (κ3) is 4.23. The van der Waals surface area contributed by atoms with E-state index in [4.69, 9.17) is 23.2 Å². The highest BCUT2D eigenvalue weighted by molar-refractivity contribution is 9.12. The quantitative estimate of drug-likeness (QED) is 0.471. The van der Waals surface area contributed by atoms with Crippen LogP contribution in [0.25, 0.3) is 0 Å². The first-order chi connectivity index (χ1) is 17.2. The number of benzene rings is 1. The highest BCUT2D eigenvalue weighted by Gasteiger charge is 2.53. The lowest BCUT2D eigenvalue weighted by Gasteiger charge is -2.46. The zero-order valence-corrected chi connectivity index (χ0v) is 22.4. The number of nitrogens with zero attached hydrogens (tertiary/aromatic N) is 2. The number of hydrogen-bond donors (Lipinski definition) is 2. The van der Waals surface area contributed by atoms with Gasteiger partial charge in [0.25, 0.3) is 5.91 Å². The van der Waals surface area contributed by atoms with Crippen molar-refractivity contribution in [2.24, 2.45) is 5.41 Å². The number of aromatic nitrogens is 1. The van der Waals surface area contributed by atoms with Crippen molar-refractivity contribution >= 4 is 62.5 Å². The normalized spacial score (nSPS) is 19.2. The minimum atomic E-state index is -0.979. The van der Waals surface area contributed by atoms with Crippen molar-refractivity contribution in [3.63, 3.8) is 0 Å². The number of carboxylic acid groups (broad SMARTS) is 1. The van der Waals surface area contributed by atoms with Gasteiger partial charge in [-0.15, -0.1) is 0 Å². The molecule has 1 unspecified atom stereocenters. The summed E-state index contributed by atoms with van der Waals surface area (Å²) in [6.07, 6.45) is 8.18. The Kier molecular flexibility index (Phi) is 6.87. The van der Waals surface area contributed by atoms with E-state index in [-0.39, 0.29) is 33.7 Å². The molecule has 0 saturated heterocycles. The number of allylic oxidation sites excluding steroid dienone is 2. The number of Topliss-reactive ketones (excluding diaryl/α,β-unsaturated/α-hetero) is 1. The minimum absolute atomic E-state index is 0.0746. The lowest BCUT2D eigenvalue weighted by molar-refractivity contribution is -0.140. The maximum absolute atomic E-state index is 13.2. The van der Waals surface area contributed by atoms with E-state index < -0.39 is 17.4 Å². The average Bonchev–Trinajstić information content (AvgIpc) is 3.29. The molecule has 2 heterocycles. The molecular weight excluding hydrogens is 569 g/mol. The van der Waals surface area contributed by atoms with Crippen LogP contribution in [-0.2, 0) is 22.4 Å². The van der Waals surface area contributed by atoms with Crippen molar-refractivity contribution in [1.29, 1.82) is 0 Å². The summed E-state index contributed by atoms with van der Waals surface area (Å²) in [4.78, 5) is 43.5. The molecular formula is C26H24BrCl2N3O4. The molecule has 188 valence electrons. The molecule has 1 aliphatic heterocycles. The summed E-state index contributed by atoms with van der Waals surface area (Å²) in [5, 5.41) is 13.5. The zero-order chi connectivity index (χ0) is 25.6. The van der Waals surface area contributed by atoms with Gasteiger partial charge < -0.3 is 15.3 Å². The van der Waals surface area contributed by atoms with Gasteiger partial charge in [-0.1, -0.05) is 54.6 Å². The Morgan fingerprint density at radius 2 is 1.86 bits per heavy atom. The fourth-order valence-corrected chi connectivity index (χ4v) is 6.97. The number of carboxylic acids is 1. The van der Waals surface area contributed by atoms with Crippen LogP contribution in [0.4, 0.5) is 5.69 Å². The van der Waals surface area contributed by atoms with Crippen molar-refractivity contribution < 1.29 is 19.5 Å². The number of rotatable bonds is 6. The molecule has 2 aliphatic carbocycles. The van der Waals surface area contributed by atoms with Crippen LogP contribution in [0, 0.1) is 5.41 Å². The Morgan fingerprint density at radius 3 is 2.53 bits per heavy atom. The second-order valence-electron chi connectivity index (χ2n) is 9.55. The fourth-order valence-electron chi connectivity index (χ4n) is 5.57. The van der Waals surface area contributed by atoms with Gasteiger partial charge in [0.2, 0.25) is 0 Å². The summed E-state index contributed by atoms with van der Waals surface area (Å²) >= 11 is 15.7. The Hall–Kier alpha value is -2.42. The lowest BCUT2D eigenvalue weighted by atomic mass is 9.62. The molecule has 36 heavy (non-hydrogen) atoms. The standard InChI is InChI=1S/C26H24BrCl2N3O4/c27-21-22(26(23(21)33)7-2-1-3-8-26)31-18(25(35)36)11-14-4-5-19-15(10-14)6-9-32(19)24(34)20-16(28)12-30-13-17(20)29/h4-5,10,12-13,18,31H,1-3,6-9,11H2,(H,35,36). The SMILES string of the molecule is O=C(O)C(Cc1ccc2c(c1)CCN2C(=O)c1c(Cl)cncc1Cl)NC1=C(Br)C(=O)C12CCCCC2. The smallest absolute Gasteiger partial charge is 0.326 e. The number of pyridine rings is 1. The number of nitrogens with one attached hydrogen (secondary N) is 1. The molecule has 7 nitrogen and oxygen atoms in total. The van der Waals surface area contributed by atoms with Crippen molar-refractivity contribution in [3.8, 4) is 0 Å². The first-order valence-corrected chi connectivity index (χ1v) is 13.4. The molecule has 1 saturated carbocycles. The summed E-state index contributed by atoms with van der Waals surface area (Å²) in [5.41, 5.74) is 2.91. The zero-order valence-electron chi connectivity index (χ0n) is 19.3. The van der Waals surface area contributed by atoms with Crippen LogP contribution in [0.5, 0.6) is 0 Å². The number of carbonyl (C=O) groups is 3. The molecule has 2 aromatic rings. The van der Waals surface area contributed by atoms with Crippen molar-refractivity contribution in [2.75, 3.05) is 11.4 Å². The van der Waals surface area contributed by atoms with E-state index in [1.165, 1.54) is 12.4 Å². The van der Waals surface area contributed by atoms with E-state index in [2.05, 4.69) is 26.2 Å². The summed E-state index contributed by atoms with van der Waals surface area (Å²) in [6.45, 7) is 0.470. The van der Waals surface area contributed by atoms with Crippen LogP contribution in [-0.4, -0.2) is 40.3 Å². The van der Waals surface area contributed by atoms with E-state index in [0.29, 0.717) is 17.4 Å². The number of ketones is 1. The molecule has 1 spiro atoms. The van der Waals surface area contributed by atoms with Crippen molar-refractivity contribution in [3.05, 3.63) is 67.5 Å². The lowest BCUT2D eigenvalue weighted by Crippen LogP contribution is -2.53. The number of halogens is 3. The summed E-state index contributed by atoms with van der Waals surface area (Å²) in [7, 11) is 0. The van der Waals surface area contributed by atoms with Gasteiger partial charge in [-0.2, -0.15) is 0 Å². The second-order valence-corrected chi connectivity index (χ2v) is 11.2. The first kappa shape index (κ1) is 25.2.